The van der Waals surface area contributed by atoms with Crippen molar-refractivity contribution in [3.05, 3.63) is 260 Å². The summed E-state index contributed by atoms with van der Waals surface area (Å²) in [6.45, 7) is 0. The first-order valence-corrected chi connectivity index (χ1v) is 25.0. The van der Waals surface area contributed by atoms with Crippen molar-refractivity contribution in [2.24, 2.45) is 0 Å². The van der Waals surface area contributed by atoms with Crippen LogP contribution in [0.4, 0.5) is 0 Å². The van der Waals surface area contributed by atoms with Gasteiger partial charge in [0.1, 0.15) is 0 Å². The molecule has 1 heterocycles. The van der Waals surface area contributed by atoms with E-state index in [9.17, 15) is 5.26 Å². The summed E-state index contributed by atoms with van der Waals surface area (Å²) in [5.41, 5.74) is 19.2. The van der Waals surface area contributed by atoms with Crippen LogP contribution in [0.15, 0.2) is 255 Å². The number of rotatable bonds is 8. The molecule has 4 nitrogen and oxygen atoms in total. The van der Waals surface area contributed by atoms with E-state index in [2.05, 4.69) is 206 Å². The van der Waals surface area contributed by atoms with Crippen molar-refractivity contribution < 1.29 is 0 Å². The number of hydrogen-bond acceptors (Lipinski definition) is 4. The summed E-state index contributed by atoms with van der Waals surface area (Å²) >= 11 is 0. The molecule has 13 aromatic rings. The van der Waals surface area contributed by atoms with Gasteiger partial charge < -0.3 is 0 Å². The molecule has 1 aliphatic rings. The molecule has 4 heteroatoms. The molecule has 0 spiro atoms. The van der Waals surface area contributed by atoms with E-state index in [1.807, 2.05) is 54.6 Å². The molecule has 0 fully saturated rings. The van der Waals surface area contributed by atoms with E-state index < -0.39 is 0 Å². The van der Waals surface area contributed by atoms with Crippen molar-refractivity contribution in [3.8, 4) is 118 Å². The van der Waals surface area contributed by atoms with Crippen molar-refractivity contribution in [1.29, 1.82) is 5.26 Å². The summed E-state index contributed by atoms with van der Waals surface area (Å²) in [5.74, 6) is 1.73. The summed E-state index contributed by atoms with van der Waals surface area (Å²) in [6, 6.07) is 92.3. The quantitative estimate of drug-likeness (QED) is 0.142. The van der Waals surface area contributed by atoms with Crippen molar-refractivity contribution in [3.63, 3.8) is 0 Å². The van der Waals surface area contributed by atoms with E-state index in [4.69, 9.17) is 15.0 Å². The fourth-order valence-corrected chi connectivity index (χ4v) is 11.2. The average Bonchev–Trinajstić information content (AvgIpc) is 3.81. The normalized spacial score (nSPS) is 11.5. The predicted molar refractivity (Wildman–Crippen MR) is 305 cm³/mol. The van der Waals surface area contributed by atoms with Crippen LogP contribution in [0, 0.1) is 11.3 Å². The zero-order valence-electron chi connectivity index (χ0n) is 40.0. The monoisotopic (exact) mass is 938 g/mol. The molecule has 0 N–H and O–H groups in total. The lowest BCUT2D eigenvalue weighted by Gasteiger charge is -2.16. The molecule has 1 aromatic heterocycles. The molecule has 14 rings (SSSR count). The second kappa shape index (κ2) is 17.6. The second-order valence-corrected chi connectivity index (χ2v) is 18.9. The molecule has 0 radical (unpaired) electrons. The summed E-state index contributed by atoms with van der Waals surface area (Å²) in [6.07, 6.45) is 0. The van der Waals surface area contributed by atoms with Gasteiger partial charge in [-0.2, -0.15) is 5.26 Å². The third-order valence-electron chi connectivity index (χ3n) is 14.8. The Hall–Kier alpha value is -10.1. The number of fused-ring (bicyclic) bond motifs is 6. The van der Waals surface area contributed by atoms with Gasteiger partial charge in [-0.05, 0) is 128 Å². The lowest BCUT2D eigenvalue weighted by molar-refractivity contribution is 1.07. The molecule has 0 atom stereocenters. The molecule has 1 aliphatic carbocycles. The molecule has 342 valence electrons. The maximum atomic E-state index is 10.2. The summed E-state index contributed by atoms with van der Waals surface area (Å²) in [4.78, 5) is 15.6. The van der Waals surface area contributed by atoms with Gasteiger partial charge in [0.15, 0.2) is 17.5 Å². The molecule has 12 aromatic carbocycles. The van der Waals surface area contributed by atoms with E-state index >= 15 is 0 Å². The van der Waals surface area contributed by atoms with E-state index in [1.54, 1.807) is 0 Å². The fraction of sp³-hybridized carbons (Fsp3) is 0. The Morgan fingerprint density at radius 3 is 1.47 bits per heavy atom. The molecular formula is C70H42N4. The van der Waals surface area contributed by atoms with Crippen molar-refractivity contribution in [2.75, 3.05) is 0 Å². The Morgan fingerprint density at radius 2 is 0.716 bits per heavy atom. The first-order chi connectivity index (χ1) is 36.6. The van der Waals surface area contributed by atoms with Crippen LogP contribution in [0.2, 0.25) is 0 Å². The summed E-state index contributed by atoms with van der Waals surface area (Å²) < 4.78 is 0. The highest BCUT2D eigenvalue weighted by Gasteiger charge is 2.23. The Kier molecular flexibility index (Phi) is 10.2. The predicted octanol–water partition coefficient (Wildman–Crippen LogP) is 18.2. The first-order valence-electron chi connectivity index (χ1n) is 25.0. The van der Waals surface area contributed by atoms with E-state index in [0.717, 1.165) is 55.6 Å². The third kappa shape index (κ3) is 7.26. The van der Waals surface area contributed by atoms with E-state index in [-0.39, 0.29) is 0 Å². The molecule has 0 saturated carbocycles. The van der Waals surface area contributed by atoms with Gasteiger partial charge >= 0.3 is 0 Å². The summed E-state index contributed by atoms with van der Waals surface area (Å²) in [7, 11) is 0. The lowest BCUT2D eigenvalue weighted by Crippen LogP contribution is -2.01. The Labute approximate surface area is 428 Å². The fourth-order valence-electron chi connectivity index (χ4n) is 11.2. The molecule has 74 heavy (non-hydrogen) atoms. The highest BCUT2D eigenvalue weighted by atomic mass is 15.0. The highest BCUT2D eigenvalue weighted by molar-refractivity contribution is 6.19. The number of hydrogen-bond donors (Lipinski definition) is 0. The number of benzene rings is 12. The van der Waals surface area contributed by atoms with Crippen LogP contribution in [0.5, 0.6) is 0 Å². The molecule has 0 saturated heterocycles. The minimum absolute atomic E-state index is 0.561. The lowest BCUT2D eigenvalue weighted by atomic mass is 9.89. The topological polar surface area (TPSA) is 62.5 Å². The van der Waals surface area contributed by atoms with Gasteiger partial charge in [-0.15, -0.1) is 0 Å². The van der Waals surface area contributed by atoms with Crippen LogP contribution in [-0.4, -0.2) is 15.0 Å². The Morgan fingerprint density at radius 1 is 0.243 bits per heavy atom. The van der Waals surface area contributed by atoms with Crippen molar-refractivity contribution >= 4 is 32.3 Å². The Bertz CT molecular complexity index is 4390. The standard InChI is InChI=1S/C70H42N4/c71-43-44-27-37-61(66(41-44)48-30-28-45(29-31-48)51-16-10-17-52(42-51)54-23-11-24-56-53-18-5-4-13-46(53)36-38-60(54)56)59-21-8-9-22-65(59)70-73-68(49-14-2-1-3-15-49)72-69(74-70)50-34-32-47(33-35-50)55-39-40-64-58-20-7-6-19-57(58)63-26-12-25-62(55)67(63)64/h1-42H. The van der Waals surface area contributed by atoms with Crippen LogP contribution < -0.4 is 0 Å². The van der Waals surface area contributed by atoms with Gasteiger partial charge in [0.25, 0.3) is 0 Å². The first kappa shape index (κ1) is 42.8. The molecular weight excluding hydrogens is 897 g/mol. The SMILES string of the molecule is N#Cc1ccc(-c2ccccc2-c2nc(-c3ccccc3)nc(-c3ccc(-c4ccc5c6c(cccc46)-c4ccccc4-5)cc3)n2)c(-c2ccc(-c3cccc(-c4cccc5c4ccc4ccccc45)c3)cc2)c1. The van der Waals surface area contributed by atoms with Crippen LogP contribution in [0.25, 0.3) is 144 Å². The van der Waals surface area contributed by atoms with Crippen LogP contribution in [0.1, 0.15) is 5.56 Å². The van der Waals surface area contributed by atoms with Crippen LogP contribution >= 0.6 is 0 Å². The average molecular weight is 939 g/mol. The maximum absolute atomic E-state index is 10.2. The molecule has 0 aliphatic heterocycles. The molecule has 0 amide bonds. The van der Waals surface area contributed by atoms with E-state index in [1.165, 1.54) is 71.3 Å². The smallest absolute Gasteiger partial charge is 0.164 e. The number of nitriles is 1. The molecule has 0 bridgehead atoms. The van der Waals surface area contributed by atoms with Gasteiger partial charge in [-0.1, -0.05) is 237 Å². The maximum Gasteiger partial charge on any atom is 0.164 e. The minimum atomic E-state index is 0.561. The van der Waals surface area contributed by atoms with Crippen LogP contribution in [-0.2, 0) is 0 Å². The van der Waals surface area contributed by atoms with Gasteiger partial charge in [-0.3, -0.25) is 0 Å². The van der Waals surface area contributed by atoms with Crippen molar-refractivity contribution in [2.45, 2.75) is 0 Å². The number of aromatic nitrogens is 3. The third-order valence-corrected chi connectivity index (χ3v) is 14.8. The largest absolute Gasteiger partial charge is 0.208 e. The molecule has 0 unspecified atom stereocenters. The Balaban J connectivity index is 0.828. The number of nitrogens with zero attached hydrogens (tertiary/aromatic N) is 4. The van der Waals surface area contributed by atoms with E-state index in [0.29, 0.717) is 23.0 Å². The zero-order valence-corrected chi connectivity index (χ0v) is 40.0. The minimum Gasteiger partial charge on any atom is -0.208 e. The second-order valence-electron chi connectivity index (χ2n) is 18.9. The summed E-state index contributed by atoms with van der Waals surface area (Å²) in [5, 5.41) is 17.8. The van der Waals surface area contributed by atoms with Gasteiger partial charge in [0.05, 0.1) is 11.6 Å². The zero-order chi connectivity index (χ0) is 49.1. The van der Waals surface area contributed by atoms with Gasteiger partial charge in [-0.25, -0.2) is 15.0 Å². The van der Waals surface area contributed by atoms with Crippen LogP contribution in [0.3, 0.4) is 0 Å². The van der Waals surface area contributed by atoms with Gasteiger partial charge in [0, 0.05) is 16.7 Å². The highest BCUT2D eigenvalue weighted by Crippen LogP contribution is 2.49. The van der Waals surface area contributed by atoms with Crippen molar-refractivity contribution in [1.82, 2.24) is 15.0 Å². The van der Waals surface area contributed by atoms with Gasteiger partial charge in [0.2, 0.25) is 0 Å².